The van der Waals surface area contributed by atoms with Crippen LogP contribution >= 0.6 is 0 Å². The number of hydrogen-bond donors (Lipinski definition) is 1. The van der Waals surface area contributed by atoms with Crippen molar-refractivity contribution in [1.29, 1.82) is 0 Å². The van der Waals surface area contributed by atoms with Crippen molar-refractivity contribution in [1.82, 2.24) is 4.57 Å². The van der Waals surface area contributed by atoms with E-state index in [4.69, 9.17) is 0 Å². The van der Waals surface area contributed by atoms with Crippen LogP contribution in [-0.4, -0.2) is 4.57 Å². The minimum Gasteiger partial charge on any atom is -0.356 e. The van der Waals surface area contributed by atoms with Gasteiger partial charge in [-0.2, -0.15) is 0 Å². The van der Waals surface area contributed by atoms with Crippen molar-refractivity contribution in [2.45, 2.75) is 31.6 Å². The van der Waals surface area contributed by atoms with Gasteiger partial charge in [0.2, 0.25) is 0 Å². The summed E-state index contributed by atoms with van der Waals surface area (Å²) < 4.78 is 2.38. The monoisotopic (exact) mass is 528 g/mol. The zero-order valence-corrected chi connectivity index (χ0v) is 23.4. The van der Waals surface area contributed by atoms with Gasteiger partial charge in [-0.25, -0.2) is 0 Å². The van der Waals surface area contributed by atoms with Crippen molar-refractivity contribution in [3.05, 3.63) is 156 Å². The van der Waals surface area contributed by atoms with E-state index in [1.165, 1.54) is 55.3 Å². The first-order chi connectivity index (χ1) is 20.1. The Bertz CT molecular complexity index is 2020. The molecule has 1 unspecified atom stereocenters. The maximum Gasteiger partial charge on any atom is 0.0541 e. The number of benzene rings is 5. The van der Waals surface area contributed by atoms with Crippen molar-refractivity contribution in [3.8, 4) is 16.8 Å². The molecule has 41 heavy (non-hydrogen) atoms. The molecule has 1 aromatic heterocycles. The molecule has 198 valence electrons. The maximum absolute atomic E-state index is 3.69. The number of rotatable bonds is 4. The molecule has 2 nitrogen and oxygen atoms in total. The van der Waals surface area contributed by atoms with Crippen molar-refractivity contribution in [2.75, 3.05) is 5.32 Å². The highest BCUT2D eigenvalue weighted by Gasteiger charge is 2.35. The lowest BCUT2D eigenvalue weighted by Gasteiger charge is -2.22. The molecule has 5 aromatic carbocycles. The Morgan fingerprint density at radius 2 is 1.44 bits per heavy atom. The zero-order valence-electron chi connectivity index (χ0n) is 23.4. The van der Waals surface area contributed by atoms with Crippen LogP contribution in [0, 0.1) is 0 Å². The van der Waals surface area contributed by atoms with Gasteiger partial charge in [-0.05, 0) is 82.8 Å². The third kappa shape index (κ3) is 3.78. The van der Waals surface area contributed by atoms with E-state index in [1.807, 2.05) is 0 Å². The Morgan fingerprint density at radius 3 is 2.29 bits per heavy atom. The van der Waals surface area contributed by atoms with Crippen LogP contribution in [0.5, 0.6) is 0 Å². The first kappa shape index (κ1) is 24.0. The molecule has 0 bridgehead atoms. The fourth-order valence-corrected chi connectivity index (χ4v) is 6.99. The predicted molar refractivity (Wildman–Crippen MR) is 173 cm³/mol. The highest BCUT2D eigenvalue weighted by Crippen LogP contribution is 2.49. The Morgan fingerprint density at radius 1 is 0.683 bits per heavy atom. The second-order valence-corrected chi connectivity index (χ2v) is 11.9. The second-order valence-electron chi connectivity index (χ2n) is 11.9. The number of para-hydroxylation sites is 2. The minimum absolute atomic E-state index is 0.00771. The van der Waals surface area contributed by atoms with Gasteiger partial charge in [0.05, 0.1) is 11.0 Å². The summed E-state index contributed by atoms with van der Waals surface area (Å²) in [5, 5.41) is 6.30. The number of anilines is 1. The standard InChI is InChI=1S/C39H32N2/c1-39(2)35-14-8-6-12-31(35)32-22-21-29(25-36(32)39)40-28-19-16-26(17-20-28)27-18-23-38-34(24-27)33-13-7-9-15-37(33)41(38)30-10-4-3-5-11-30/h3-16,18-26,40H,17H2,1-2H3. The molecular weight excluding hydrogens is 496 g/mol. The van der Waals surface area contributed by atoms with Crippen molar-refractivity contribution in [3.63, 3.8) is 0 Å². The van der Waals surface area contributed by atoms with E-state index in [2.05, 4.69) is 157 Å². The fourth-order valence-electron chi connectivity index (χ4n) is 6.99. The lowest BCUT2D eigenvalue weighted by molar-refractivity contribution is 0.660. The summed E-state index contributed by atoms with van der Waals surface area (Å²) in [6.07, 6.45) is 7.92. The van der Waals surface area contributed by atoms with Crippen LogP contribution in [0.2, 0.25) is 0 Å². The van der Waals surface area contributed by atoms with Gasteiger partial charge in [0.1, 0.15) is 0 Å². The van der Waals surface area contributed by atoms with Gasteiger partial charge in [0.25, 0.3) is 0 Å². The molecular formula is C39H32N2. The maximum atomic E-state index is 3.69. The summed E-state index contributed by atoms with van der Waals surface area (Å²) in [5.41, 5.74) is 12.9. The Hall–Kier alpha value is -4.82. The van der Waals surface area contributed by atoms with E-state index >= 15 is 0 Å². The van der Waals surface area contributed by atoms with E-state index in [0.29, 0.717) is 5.92 Å². The molecule has 1 heterocycles. The van der Waals surface area contributed by atoms with Gasteiger partial charge in [-0.3, -0.25) is 0 Å². The molecule has 0 spiro atoms. The highest BCUT2D eigenvalue weighted by molar-refractivity contribution is 6.09. The molecule has 0 amide bonds. The molecule has 0 aliphatic heterocycles. The number of aromatic nitrogens is 1. The number of fused-ring (bicyclic) bond motifs is 6. The van der Waals surface area contributed by atoms with E-state index < -0.39 is 0 Å². The van der Waals surface area contributed by atoms with Crippen LogP contribution in [0.1, 0.15) is 42.9 Å². The molecule has 2 aliphatic rings. The van der Waals surface area contributed by atoms with Gasteiger partial charge < -0.3 is 9.88 Å². The third-order valence-corrected chi connectivity index (χ3v) is 9.11. The molecule has 0 radical (unpaired) electrons. The van der Waals surface area contributed by atoms with Crippen molar-refractivity contribution < 1.29 is 0 Å². The fraction of sp³-hybridized carbons (Fsp3) is 0.128. The average molecular weight is 529 g/mol. The SMILES string of the molecule is CC1(C)c2ccccc2-c2ccc(NC3=CCC(c4ccc5c(c4)c4ccccc4n5-c4ccccc4)C=C3)cc21. The van der Waals surface area contributed by atoms with Gasteiger partial charge >= 0.3 is 0 Å². The molecule has 0 fully saturated rings. The summed E-state index contributed by atoms with van der Waals surface area (Å²) >= 11 is 0. The van der Waals surface area contributed by atoms with E-state index in [-0.39, 0.29) is 5.41 Å². The summed E-state index contributed by atoms with van der Waals surface area (Å²) in [6.45, 7) is 4.67. The number of nitrogens with one attached hydrogen (secondary N) is 1. The Kier molecular flexibility index (Phi) is 5.33. The van der Waals surface area contributed by atoms with E-state index in [9.17, 15) is 0 Å². The summed E-state index contributed by atoms with van der Waals surface area (Å²) in [7, 11) is 0. The molecule has 2 aliphatic carbocycles. The van der Waals surface area contributed by atoms with E-state index in [0.717, 1.165) is 17.8 Å². The van der Waals surface area contributed by atoms with Crippen molar-refractivity contribution in [2.24, 2.45) is 0 Å². The third-order valence-electron chi connectivity index (χ3n) is 9.11. The molecule has 6 aromatic rings. The summed E-state index contributed by atoms with van der Waals surface area (Å²) in [4.78, 5) is 0. The number of allylic oxidation sites excluding steroid dienone is 3. The van der Waals surface area contributed by atoms with E-state index in [1.54, 1.807) is 0 Å². The van der Waals surface area contributed by atoms with Gasteiger partial charge in [-0.15, -0.1) is 0 Å². The topological polar surface area (TPSA) is 17.0 Å². The first-order valence-corrected chi connectivity index (χ1v) is 14.6. The number of nitrogens with zero attached hydrogens (tertiary/aromatic N) is 1. The largest absolute Gasteiger partial charge is 0.356 e. The minimum atomic E-state index is 0.00771. The highest BCUT2D eigenvalue weighted by atomic mass is 15.0. The van der Waals surface area contributed by atoms with Crippen LogP contribution in [-0.2, 0) is 5.41 Å². The molecule has 0 saturated heterocycles. The quantitative estimate of drug-likeness (QED) is 0.241. The first-order valence-electron chi connectivity index (χ1n) is 14.6. The number of hydrogen-bond acceptors (Lipinski definition) is 1. The molecule has 2 heteroatoms. The normalized spacial score (nSPS) is 16.9. The molecule has 1 atom stereocenters. The van der Waals surface area contributed by atoms with Crippen LogP contribution in [0.4, 0.5) is 5.69 Å². The molecule has 8 rings (SSSR count). The van der Waals surface area contributed by atoms with Crippen molar-refractivity contribution >= 4 is 27.5 Å². The van der Waals surface area contributed by atoms with Gasteiger partial charge in [0, 0.05) is 39.2 Å². The van der Waals surface area contributed by atoms with Gasteiger partial charge in [0.15, 0.2) is 0 Å². The van der Waals surface area contributed by atoms with Gasteiger partial charge in [-0.1, -0.05) is 98.8 Å². The second kappa shape index (κ2) is 9.11. The molecule has 0 saturated carbocycles. The Balaban J connectivity index is 1.07. The average Bonchev–Trinajstić information content (AvgIpc) is 3.46. The summed E-state index contributed by atoms with van der Waals surface area (Å²) in [5.74, 6) is 0.359. The van der Waals surface area contributed by atoms with Crippen LogP contribution in [0.25, 0.3) is 38.6 Å². The summed E-state index contributed by atoms with van der Waals surface area (Å²) in [6, 6.07) is 42.1. The van der Waals surface area contributed by atoms with Crippen LogP contribution in [0.3, 0.4) is 0 Å². The van der Waals surface area contributed by atoms with Crippen LogP contribution in [0.15, 0.2) is 139 Å². The molecule has 1 N–H and O–H groups in total. The predicted octanol–water partition coefficient (Wildman–Crippen LogP) is 10.1. The lowest BCUT2D eigenvalue weighted by atomic mass is 9.82. The smallest absolute Gasteiger partial charge is 0.0541 e. The zero-order chi connectivity index (χ0) is 27.6. The lowest BCUT2D eigenvalue weighted by Crippen LogP contribution is -2.15. The Labute approximate surface area is 241 Å². The van der Waals surface area contributed by atoms with Crippen LogP contribution < -0.4 is 5.32 Å².